The molecule has 178 valence electrons. The number of aryl methyl sites for hydroxylation is 1. The minimum Gasteiger partial charge on any atom is -0.357 e. The minimum atomic E-state index is -0.0466. The van der Waals surface area contributed by atoms with Crippen molar-refractivity contribution in [3.63, 3.8) is 0 Å². The molecule has 34 heavy (non-hydrogen) atoms. The molecule has 5 rings (SSSR count). The number of nitrogens with zero attached hydrogens (tertiary/aromatic N) is 7. The van der Waals surface area contributed by atoms with Crippen molar-refractivity contribution in [1.82, 2.24) is 30.0 Å². The third-order valence-electron chi connectivity index (χ3n) is 6.89. The molecule has 2 aliphatic rings. The van der Waals surface area contributed by atoms with Gasteiger partial charge in [0, 0.05) is 38.2 Å². The number of rotatable bonds is 6. The molecule has 1 N–H and O–H groups in total. The van der Waals surface area contributed by atoms with Gasteiger partial charge in [0.1, 0.15) is 23.2 Å². The summed E-state index contributed by atoms with van der Waals surface area (Å²) in [5.41, 5.74) is 3.29. The third-order valence-corrected chi connectivity index (χ3v) is 6.89. The first-order valence-electron chi connectivity index (χ1n) is 12.0. The SMILES string of the molecule is CNCc1nc(N(C)C(C)C)cc2c1CN(c1cccc(-c3nnc4n3CC(C)CC4)n1)C2=O. The molecule has 1 amide bonds. The number of aromatic nitrogens is 5. The lowest BCUT2D eigenvalue weighted by molar-refractivity contribution is 0.0996. The number of hydrogen-bond acceptors (Lipinski definition) is 7. The van der Waals surface area contributed by atoms with E-state index in [1.165, 1.54) is 0 Å². The second-order valence-electron chi connectivity index (χ2n) is 9.65. The summed E-state index contributed by atoms with van der Waals surface area (Å²) in [5.74, 6) is 3.74. The summed E-state index contributed by atoms with van der Waals surface area (Å²) in [6.07, 6.45) is 2.06. The first-order valence-corrected chi connectivity index (χ1v) is 12.0. The van der Waals surface area contributed by atoms with Crippen LogP contribution in [0.2, 0.25) is 0 Å². The van der Waals surface area contributed by atoms with Gasteiger partial charge in [0.25, 0.3) is 5.91 Å². The second-order valence-corrected chi connectivity index (χ2v) is 9.65. The van der Waals surface area contributed by atoms with Crippen molar-refractivity contribution in [3.05, 3.63) is 46.9 Å². The van der Waals surface area contributed by atoms with Crippen LogP contribution in [0.3, 0.4) is 0 Å². The van der Waals surface area contributed by atoms with Crippen LogP contribution in [0.1, 0.15) is 54.6 Å². The van der Waals surface area contributed by atoms with Crippen LogP contribution in [-0.4, -0.2) is 50.8 Å². The molecule has 0 bridgehead atoms. The van der Waals surface area contributed by atoms with E-state index in [-0.39, 0.29) is 11.9 Å². The van der Waals surface area contributed by atoms with Crippen LogP contribution < -0.4 is 15.1 Å². The Morgan fingerprint density at radius 1 is 1.24 bits per heavy atom. The Kier molecular flexibility index (Phi) is 5.81. The number of carbonyl (C=O) groups excluding carboxylic acids is 1. The van der Waals surface area contributed by atoms with E-state index in [1.54, 1.807) is 4.90 Å². The van der Waals surface area contributed by atoms with Crippen LogP contribution in [0.25, 0.3) is 11.5 Å². The van der Waals surface area contributed by atoms with Crippen LogP contribution in [-0.2, 0) is 26.1 Å². The van der Waals surface area contributed by atoms with Gasteiger partial charge in [0.2, 0.25) is 0 Å². The summed E-state index contributed by atoms with van der Waals surface area (Å²) in [6, 6.07) is 7.95. The fourth-order valence-corrected chi connectivity index (χ4v) is 4.67. The predicted octanol–water partition coefficient (Wildman–Crippen LogP) is 3.04. The van der Waals surface area contributed by atoms with E-state index in [4.69, 9.17) is 9.97 Å². The van der Waals surface area contributed by atoms with Gasteiger partial charge < -0.3 is 14.8 Å². The summed E-state index contributed by atoms with van der Waals surface area (Å²) >= 11 is 0. The molecule has 0 saturated carbocycles. The van der Waals surface area contributed by atoms with E-state index >= 15 is 0 Å². The fraction of sp³-hybridized carbons (Fsp3) is 0.480. The largest absolute Gasteiger partial charge is 0.357 e. The van der Waals surface area contributed by atoms with Crippen LogP contribution in [0.15, 0.2) is 24.3 Å². The molecule has 0 radical (unpaired) electrons. The van der Waals surface area contributed by atoms with E-state index < -0.39 is 0 Å². The smallest absolute Gasteiger partial charge is 0.260 e. The van der Waals surface area contributed by atoms with Gasteiger partial charge in [-0.1, -0.05) is 13.0 Å². The lowest BCUT2D eigenvalue weighted by Crippen LogP contribution is -2.27. The first kappa shape index (κ1) is 22.5. The van der Waals surface area contributed by atoms with Crippen molar-refractivity contribution in [3.8, 4) is 11.5 Å². The molecule has 3 aromatic heterocycles. The molecule has 0 aromatic carbocycles. The molecule has 0 fully saturated rings. The zero-order valence-corrected chi connectivity index (χ0v) is 20.5. The van der Waals surface area contributed by atoms with Gasteiger partial charge in [-0.15, -0.1) is 10.2 Å². The Labute approximate surface area is 200 Å². The molecule has 1 atom stereocenters. The Bertz CT molecular complexity index is 1230. The molecule has 0 aliphatic carbocycles. The quantitative estimate of drug-likeness (QED) is 0.604. The number of nitrogens with one attached hydrogen (secondary N) is 1. The molecular formula is C25H32N8O. The topological polar surface area (TPSA) is 92.1 Å². The fourth-order valence-electron chi connectivity index (χ4n) is 4.67. The Hall–Kier alpha value is -3.33. The zero-order chi connectivity index (χ0) is 24.0. The minimum absolute atomic E-state index is 0.0466. The number of hydrogen-bond donors (Lipinski definition) is 1. The zero-order valence-electron chi connectivity index (χ0n) is 20.5. The monoisotopic (exact) mass is 460 g/mol. The highest BCUT2D eigenvalue weighted by Crippen LogP contribution is 2.33. The van der Waals surface area contributed by atoms with Gasteiger partial charge in [-0.05, 0) is 51.4 Å². The van der Waals surface area contributed by atoms with Crippen molar-refractivity contribution in [2.75, 3.05) is 23.9 Å². The number of pyridine rings is 2. The van der Waals surface area contributed by atoms with Gasteiger partial charge >= 0.3 is 0 Å². The van der Waals surface area contributed by atoms with Crippen molar-refractivity contribution >= 4 is 17.5 Å². The van der Waals surface area contributed by atoms with Gasteiger partial charge in [0.15, 0.2) is 5.82 Å². The van der Waals surface area contributed by atoms with Crippen LogP contribution in [0.5, 0.6) is 0 Å². The lowest BCUT2D eigenvalue weighted by Gasteiger charge is -2.24. The van der Waals surface area contributed by atoms with Gasteiger partial charge in [0.05, 0.1) is 17.8 Å². The molecule has 3 aromatic rings. The van der Waals surface area contributed by atoms with E-state index in [0.29, 0.717) is 30.4 Å². The summed E-state index contributed by atoms with van der Waals surface area (Å²) in [5, 5.41) is 12.0. The highest BCUT2D eigenvalue weighted by molar-refractivity contribution is 6.10. The summed E-state index contributed by atoms with van der Waals surface area (Å²) in [6.45, 7) is 8.41. The maximum Gasteiger partial charge on any atom is 0.260 e. The number of anilines is 2. The molecule has 2 aliphatic heterocycles. The van der Waals surface area contributed by atoms with Crippen LogP contribution in [0.4, 0.5) is 11.6 Å². The van der Waals surface area contributed by atoms with Crippen LogP contribution in [0, 0.1) is 5.92 Å². The van der Waals surface area contributed by atoms with E-state index in [0.717, 1.165) is 53.8 Å². The van der Waals surface area contributed by atoms with Crippen molar-refractivity contribution in [1.29, 1.82) is 0 Å². The molecule has 5 heterocycles. The number of carbonyl (C=O) groups is 1. The molecule has 0 saturated heterocycles. The first-order chi connectivity index (χ1) is 16.4. The number of amides is 1. The van der Waals surface area contributed by atoms with E-state index in [1.807, 2.05) is 38.4 Å². The maximum atomic E-state index is 13.6. The standard InChI is InChI=1S/C25H32N8O/c1-15(2)31(5)23-11-17-18(20(28-23)12-26-4)14-33(25(17)34)21-8-6-7-19(27-21)24-30-29-22-10-9-16(3)13-32(22)24/h6-8,11,15-16,26H,9-10,12-14H2,1-5H3. The molecule has 9 heteroatoms. The van der Waals surface area contributed by atoms with Gasteiger partial charge in [-0.3, -0.25) is 9.69 Å². The summed E-state index contributed by atoms with van der Waals surface area (Å²) in [7, 11) is 3.90. The van der Waals surface area contributed by atoms with Gasteiger partial charge in [-0.2, -0.15) is 0 Å². The Balaban J connectivity index is 1.50. The second kappa shape index (κ2) is 8.79. The average Bonchev–Trinajstić information content (AvgIpc) is 3.40. The number of fused-ring (bicyclic) bond motifs is 2. The normalized spacial score (nSPS) is 17.3. The van der Waals surface area contributed by atoms with E-state index in [9.17, 15) is 4.79 Å². The molecule has 9 nitrogen and oxygen atoms in total. The van der Waals surface area contributed by atoms with Gasteiger partial charge in [-0.25, -0.2) is 9.97 Å². The third kappa shape index (κ3) is 3.83. The van der Waals surface area contributed by atoms with Crippen LogP contribution >= 0.6 is 0 Å². The van der Waals surface area contributed by atoms with Crippen molar-refractivity contribution < 1.29 is 4.79 Å². The Morgan fingerprint density at radius 2 is 2.06 bits per heavy atom. The lowest BCUT2D eigenvalue weighted by atomic mass is 10.0. The highest BCUT2D eigenvalue weighted by atomic mass is 16.2. The molecular weight excluding hydrogens is 428 g/mol. The predicted molar refractivity (Wildman–Crippen MR) is 132 cm³/mol. The van der Waals surface area contributed by atoms with Crippen molar-refractivity contribution in [2.24, 2.45) is 5.92 Å². The molecule has 1 unspecified atom stereocenters. The Morgan fingerprint density at radius 3 is 2.82 bits per heavy atom. The maximum absolute atomic E-state index is 13.6. The average molecular weight is 461 g/mol. The highest BCUT2D eigenvalue weighted by Gasteiger charge is 2.33. The molecule has 0 spiro atoms. The summed E-state index contributed by atoms with van der Waals surface area (Å²) < 4.78 is 2.17. The van der Waals surface area contributed by atoms with E-state index in [2.05, 4.69) is 45.8 Å². The van der Waals surface area contributed by atoms with Crippen molar-refractivity contribution in [2.45, 2.75) is 59.3 Å². The summed E-state index contributed by atoms with van der Waals surface area (Å²) in [4.78, 5) is 27.1.